The lowest BCUT2D eigenvalue weighted by molar-refractivity contribution is 0.0590. The number of furan rings is 1. The average molecular weight is 265 g/mol. The maximum absolute atomic E-state index is 11.2. The minimum atomic E-state index is -0.952. The Hall–Kier alpha value is -2.13. The van der Waals surface area contributed by atoms with Crippen LogP contribution >= 0.6 is 0 Å². The summed E-state index contributed by atoms with van der Waals surface area (Å²) in [5.74, 6) is 0.903. The number of rotatable bonds is 1. The second kappa shape index (κ2) is 4.18. The summed E-state index contributed by atoms with van der Waals surface area (Å²) in [5, 5.41) is 12.2. The molecule has 0 radical (unpaired) electrons. The zero-order valence-corrected chi connectivity index (χ0v) is 11.0. The molecular formula is C17H15NO2. The molecule has 0 amide bonds. The van der Waals surface area contributed by atoms with Crippen molar-refractivity contribution in [1.29, 1.82) is 0 Å². The number of aryl methyl sites for hydroxylation is 1. The van der Waals surface area contributed by atoms with Crippen LogP contribution in [0.4, 0.5) is 0 Å². The number of pyridine rings is 1. The maximum Gasteiger partial charge on any atom is 0.118 e. The molecule has 3 nitrogen and oxygen atoms in total. The second-order valence-corrected chi connectivity index (χ2v) is 5.38. The quantitative estimate of drug-likeness (QED) is 0.733. The first-order valence-electron chi connectivity index (χ1n) is 6.92. The van der Waals surface area contributed by atoms with Gasteiger partial charge in [0.15, 0.2) is 0 Å². The van der Waals surface area contributed by atoms with Gasteiger partial charge in [0, 0.05) is 23.6 Å². The van der Waals surface area contributed by atoms with Gasteiger partial charge in [-0.2, -0.15) is 0 Å². The van der Waals surface area contributed by atoms with Crippen LogP contribution in [0.25, 0.3) is 10.9 Å². The molecule has 4 rings (SSSR count). The summed E-state index contributed by atoms with van der Waals surface area (Å²) in [6.45, 7) is 0. The minimum Gasteiger partial charge on any atom is -0.469 e. The Morgan fingerprint density at radius 1 is 1.20 bits per heavy atom. The lowest BCUT2D eigenvalue weighted by atomic mass is 9.78. The van der Waals surface area contributed by atoms with Gasteiger partial charge in [0.25, 0.3) is 0 Å². The Labute approximate surface area is 116 Å². The predicted octanol–water partition coefficient (Wildman–Crippen LogP) is 3.40. The summed E-state index contributed by atoms with van der Waals surface area (Å²) in [6.07, 6.45) is 5.99. The number of hydrogen-bond acceptors (Lipinski definition) is 3. The van der Waals surface area contributed by atoms with E-state index in [2.05, 4.69) is 4.98 Å². The summed E-state index contributed by atoms with van der Waals surface area (Å²) in [5.41, 5.74) is 1.76. The third-order valence-electron chi connectivity index (χ3n) is 4.22. The van der Waals surface area contributed by atoms with E-state index in [4.69, 9.17) is 4.42 Å². The molecule has 0 saturated heterocycles. The molecule has 0 spiro atoms. The van der Waals surface area contributed by atoms with Crippen LogP contribution in [0.1, 0.15) is 29.7 Å². The van der Waals surface area contributed by atoms with Crippen molar-refractivity contribution < 1.29 is 9.52 Å². The van der Waals surface area contributed by atoms with Gasteiger partial charge in [-0.25, -0.2) is 0 Å². The molecule has 2 heterocycles. The van der Waals surface area contributed by atoms with Crippen LogP contribution < -0.4 is 0 Å². The summed E-state index contributed by atoms with van der Waals surface area (Å²) in [4.78, 5) is 4.38. The molecule has 1 N–H and O–H groups in total. The van der Waals surface area contributed by atoms with Gasteiger partial charge < -0.3 is 9.52 Å². The van der Waals surface area contributed by atoms with E-state index < -0.39 is 5.60 Å². The van der Waals surface area contributed by atoms with Gasteiger partial charge in [-0.05, 0) is 36.6 Å². The highest BCUT2D eigenvalue weighted by Gasteiger charge is 2.37. The van der Waals surface area contributed by atoms with Gasteiger partial charge in [0.2, 0.25) is 0 Å². The van der Waals surface area contributed by atoms with Crippen molar-refractivity contribution in [2.24, 2.45) is 0 Å². The van der Waals surface area contributed by atoms with Crippen LogP contribution in [0.2, 0.25) is 0 Å². The number of aliphatic hydroxyl groups is 1. The van der Waals surface area contributed by atoms with Crippen molar-refractivity contribution >= 4 is 10.9 Å². The number of benzene rings is 1. The fourth-order valence-corrected chi connectivity index (χ4v) is 3.17. The molecular weight excluding hydrogens is 250 g/mol. The Bertz CT molecular complexity index is 777. The number of hydrogen-bond donors (Lipinski definition) is 1. The third kappa shape index (κ3) is 1.60. The average Bonchev–Trinajstić information content (AvgIpc) is 2.97. The monoisotopic (exact) mass is 265 g/mol. The molecule has 3 aromatic rings. The van der Waals surface area contributed by atoms with Crippen LogP contribution in [0, 0.1) is 0 Å². The highest BCUT2D eigenvalue weighted by Crippen LogP contribution is 2.41. The van der Waals surface area contributed by atoms with Crippen LogP contribution in [-0.4, -0.2) is 10.1 Å². The molecule has 0 fully saturated rings. The summed E-state index contributed by atoms with van der Waals surface area (Å²) >= 11 is 0. The molecule has 2 aromatic heterocycles. The molecule has 1 aromatic carbocycles. The summed E-state index contributed by atoms with van der Waals surface area (Å²) < 4.78 is 5.48. The Kier molecular flexibility index (Phi) is 2.44. The molecule has 1 atom stereocenters. The van der Waals surface area contributed by atoms with Crippen molar-refractivity contribution in [3.63, 3.8) is 0 Å². The van der Waals surface area contributed by atoms with E-state index >= 15 is 0 Å². The summed E-state index contributed by atoms with van der Waals surface area (Å²) in [7, 11) is 0. The van der Waals surface area contributed by atoms with Gasteiger partial charge in [0.1, 0.15) is 11.4 Å². The molecule has 3 heteroatoms. The second-order valence-electron chi connectivity index (χ2n) is 5.38. The van der Waals surface area contributed by atoms with Crippen LogP contribution in [0.3, 0.4) is 0 Å². The lowest BCUT2D eigenvalue weighted by Gasteiger charge is -2.32. The molecule has 20 heavy (non-hydrogen) atoms. The standard InChI is InChI=1S/C17H15NO2/c19-17(8-1-4-16-14(17)7-10-20-16)13-6-5-12-3-2-9-18-15(12)11-13/h2-3,5-7,9-11,19H,1,4,8H2. The third-order valence-corrected chi connectivity index (χ3v) is 4.22. The van der Waals surface area contributed by atoms with Crippen molar-refractivity contribution in [1.82, 2.24) is 4.98 Å². The number of fused-ring (bicyclic) bond motifs is 2. The van der Waals surface area contributed by atoms with Crippen molar-refractivity contribution in [2.45, 2.75) is 24.9 Å². The van der Waals surface area contributed by atoms with Crippen LogP contribution in [0.5, 0.6) is 0 Å². The van der Waals surface area contributed by atoms with E-state index in [0.717, 1.165) is 47.1 Å². The molecule has 0 bridgehead atoms. The molecule has 1 unspecified atom stereocenters. The Morgan fingerprint density at radius 2 is 2.15 bits per heavy atom. The zero-order chi connectivity index (χ0) is 13.6. The zero-order valence-electron chi connectivity index (χ0n) is 11.0. The first kappa shape index (κ1) is 11.7. The molecule has 0 saturated carbocycles. The minimum absolute atomic E-state index is 0.720. The highest BCUT2D eigenvalue weighted by atomic mass is 16.3. The van der Waals surface area contributed by atoms with E-state index in [9.17, 15) is 5.11 Å². The Balaban J connectivity index is 1.91. The summed E-state index contributed by atoms with van der Waals surface area (Å²) in [6, 6.07) is 11.8. The molecule has 1 aliphatic carbocycles. The topological polar surface area (TPSA) is 46.3 Å². The number of aromatic nitrogens is 1. The largest absolute Gasteiger partial charge is 0.469 e. The smallest absolute Gasteiger partial charge is 0.118 e. The van der Waals surface area contributed by atoms with Gasteiger partial charge in [-0.3, -0.25) is 4.98 Å². The lowest BCUT2D eigenvalue weighted by Crippen LogP contribution is -2.31. The van der Waals surface area contributed by atoms with E-state index in [1.807, 2.05) is 36.4 Å². The molecule has 100 valence electrons. The van der Waals surface area contributed by atoms with Crippen molar-refractivity contribution in [3.8, 4) is 0 Å². The molecule has 0 aliphatic heterocycles. The van der Waals surface area contributed by atoms with E-state index in [1.54, 1.807) is 12.5 Å². The van der Waals surface area contributed by atoms with Gasteiger partial charge in [0.05, 0.1) is 11.8 Å². The SMILES string of the molecule is OC1(c2ccc3cccnc3c2)CCCc2occc21. The van der Waals surface area contributed by atoms with Gasteiger partial charge in [-0.15, -0.1) is 0 Å². The molecule has 1 aliphatic rings. The van der Waals surface area contributed by atoms with Crippen molar-refractivity contribution in [2.75, 3.05) is 0 Å². The predicted molar refractivity (Wildman–Crippen MR) is 76.4 cm³/mol. The van der Waals surface area contributed by atoms with Gasteiger partial charge >= 0.3 is 0 Å². The fraction of sp³-hybridized carbons (Fsp3) is 0.235. The van der Waals surface area contributed by atoms with Gasteiger partial charge in [-0.1, -0.05) is 18.2 Å². The maximum atomic E-state index is 11.2. The first-order chi connectivity index (χ1) is 9.77. The van der Waals surface area contributed by atoms with Crippen LogP contribution in [0.15, 0.2) is 53.3 Å². The van der Waals surface area contributed by atoms with Crippen LogP contribution in [-0.2, 0) is 12.0 Å². The fourth-order valence-electron chi connectivity index (χ4n) is 3.17. The Morgan fingerprint density at radius 3 is 3.10 bits per heavy atom. The highest BCUT2D eigenvalue weighted by molar-refractivity contribution is 5.79. The van der Waals surface area contributed by atoms with E-state index in [1.165, 1.54) is 0 Å². The number of nitrogens with zero attached hydrogens (tertiary/aromatic N) is 1. The normalized spacial score (nSPS) is 21.9. The van der Waals surface area contributed by atoms with Crippen molar-refractivity contribution in [3.05, 3.63) is 65.7 Å². The first-order valence-corrected chi connectivity index (χ1v) is 6.92. The van der Waals surface area contributed by atoms with E-state index in [0.29, 0.717) is 0 Å². The van der Waals surface area contributed by atoms with E-state index in [-0.39, 0.29) is 0 Å².